The molecule has 0 bridgehead atoms. The molecule has 7 nitrogen and oxygen atoms in total. The van der Waals surface area contributed by atoms with Crippen LogP contribution in [-0.4, -0.2) is 42.8 Å². The van der Waals surface area contributed by atoms with Gasteiger partial charge in [-0.1, -0.05) is 0 Å². The summed E-state index contributed by atoms with van der Waals surface area (Å²) in [5, 5.41) is 0.817. The second-order valence-corrected chi connectivity index (χ2v) is 5.31. The second-order valence-electron chi connectivity index (χ2n) is 5.31. The molecule has 24 heavy (non-hydrogen) atoms. The number of hydrogen-bond acceptors (Lipinski definition) is 6. The summed E-state index contributed by atoms with van der Waals surface area (Å²) in [6.45, 7) is 3.55. The summed E-state index contributed by atoms with van der Waals surface area (Å²) in [7, 11) is 1.57. The smallest absolute Gasteiger partial charge is 0.338 e. The predicted octanol–water partition coefficient (Wildman–Crippen LogP) is 1.54. The van der Waals surface area contributed by atoms with Crippen LogP contribution in [0.3, 0.4) is 0 Å². The number of carbonyl (C=O) groups is 2. The van der Waals surface area contributed by atoms with E-state index < -0.39 is 17.5 Å². The first kappa shape index (κ1) is 17.8. The fourth-order valence-corrected chi connectivity index (χ4v) is 2.48. The van der Waals surface area contributed by atoms with Gasteiger partial charge in [0.05, 0.1) is 20.3 Å². The number of rotatable bonds is 7. The molecule has 130 valence electrons. The Morgan fingerprint density at radius 1 is 1.17 bits per heavy atom. The molecule has 2 rings (SSSR count). The van der Waals surface area contributed by atoms with Gasteiger partial charge in [0.2, 0.25) is 5.54 Å². The number of nitrogens with one attached hydrogen (secondary N) is 1. The Labute approximate surface area is 140 Å². The van der Waals surface area contributed by atoms with Crippen molar-refractivity contribution in [3.05, 3.63) is 30.0 Å². The Balaban J connectivity index is 2.42. The van der Waals surface area contributed by atoms with Crippen LogP contribution >= 0.6 is 0 Å². The average molecular weight is 334 g/mol. The molecule has 0 radical (unpaired) electrons. The van der Waals surface area contributed by atoms with E-state index in [1.54, 1.807) is 27.2 Å². The summed E-state index contributed by atoms with van der Waals surface area (Å²) in [5.74, 6) is -0.945. The lowest BCUT2D eigenvalue weighted by Crippen LogP contribution is -2.58. The van der Waals surface area contributed by atoms with Gasteiger partial charge in [-0.25, -0.2) is 9.59 Å². The van der Waals surface area contributed by atoms with E-state index in [0.717, 1.165) is 10.9 Å². The normalized spacial score (nSPS) is 11.3. The summed E-state index contributed by atoms with van der Waals surface area (Å²) in [4.78, 5) is 27.7. The van der Waals surface area contributed by atoms with Gasteiger partial charge in [-0.05, 0) is 37.6 Å². The van der Waals surface area contributed by atoms with E-state index >= 15 is 0 Å². The van der Waals surface area contributed by atoms with Crippen molar-refractivity contribution in [1.29, 1.82) is 0 Å². The molecule has 0 saturated carbocycles. The van der Waals surface area contributed by atoms with E-state index in [1.807, 2.05) is 18.2 Å². The number of esters is 2. The molecule has 0 aliphatic heterocycles. The number of aromatic nitrogens is 1. The van der Waals surface area contributed by atoms with Crippen LogP contribution in [0.25, 0.3) is 10.9 Å². The number of carbonyl (C=O) groups excluding carboxylic acids is 2. The lowest BCUT2D eigenvalue weighted by atomic mass is 9.91. The summed E-state index contributed by atoms with van der Waals surface area (Å²) in [6, 6.07) is 5.48. The highest BCUT2D eigenvalue weighted by Crippen LogP contribution is 2.27. The zero-order valence-electron chi connectivity index (χ0n) is 14.0. The largest absolute Gasteiger partial charge is 0.497 e. The van der Waals surface area contributed by atoms with Crippen molar-refractivity contribution in [1.82, 2.24) is 4.98 Å². The first-order valence-corrected chi connectivity index (χ1v) is 7.73. The number of H-pyrrole nitrogens is 1. The van der Waals surface area contributed by atoms with Gasteiger partial charge in [-0.3, -0.25) is 0 Å². The molecule has 0 aliphatic carbocycles. The number of methoxy groups -OCH3 is 1. The van der Waals surface area contributed by atoms with Crippen molar-refractivity contribution in [3.8, 4) is 5.75 Å². The quantitative estimate of drug-likeness (QED) is 0.588. The number of hydrogen-bond donors (Lipinski definition) is 2. The van der Waals surface area contributed by atoms with Gasteiger partial charge in [0, 0.05) is 23.5 Å². The van der Waals surface area contributed by atoms with Gasteiger partial charge in [-0.2, -0.15) is 0 Å². The van der Waals surface area contributed by atoms with Gasteiger partial charge in [0.15, 0.2) is 0 Å². The van der Waals surface area contributed by atoms with Gasteiger partial charge >= 0.3 is 11.9 Å². The Kier molecular flexibility index (Phi) is 5.46. The maximum atomic E-state index is 12.3. The monoisotopic (exact) mass is 334 g/mol. The van der Waals surface area contributed by atoms with Crippen LogP contribution in [0.2, 0.25) is 0 Å². The van der Waals surface area contributed by atoms with Gasteiger partial charge in [0.1, 0.15) is 5.75 Å². The molecular formula is C17H22N2O5. The number of fused-ring (bicyclic) bond motifs is 1. The van der Waals surface area contributed by atoms with Crippen molar-refractivity contribution in [2.45, 2.75) is 25.8 Å². The van der Waals surface area contributed by atoms with Crippen LogP contribution in [-0.2, 0) is 25.5 Å². The van der Waals surface area contributed by atoms with Crippen LogP contribution in [0.1, 0.15) is 19.4 Å². The predicted molar refractivity (Wildman–Crippen MR) is 88.7 cm³/mol. The Morgan fingerprint density at radius 3 is 2.33 bits per heavy atom. The molecule has 3 N–H and O–H groups in total. The van der Waals surface area contributed by atoms with Gasteiger partial charge < -0.3 is 24.9 Å². The maximum Gasteiger partial charge on any atom is 0.338 e. The molecule has 0 saturated heterocycles. The van der Waals surface area contributed by atoms with E-state index in [2.05, 4.69) is 4.98 Å². The Hall–Kier alpha value is -2.54. The first-order valence-electron chi connectivity index (χ1n) is 7.73. The zero-order chi connectivity index (χ0) is 17.7. The van der Waals surface area contributed by atoms with Gasteiger partial charge in [-0.15, -0.1) is 0 Å². The van der Waals surface area contributed by atoms with E-state index in [0.29, 0.717) is 11.3 Å². The van der Waals surface area contributed by atoms with Crippen molar-refractivity contribution >= 4 is 22.8 Å². The van der Waals surface area contributed by atoms with Crippen LogP contribution < -0.4 is 10.5 Å². The SMILES string of the molecule is CCOC(=O)C(N)(Cc1c[nH]c2ccc(OC)cc12)C(=O)OCC. The molecule has 0 fully saturated rings. The van der Waals surface area contributed by atoms with E-state index in [1.165, 1.54) is 0 Å². The van der Waals surface area contributed by atoms with Crippen LogP contribution in [0.4, 0.5) is 0 Å². The van der Waals surface area contributed by atoms with Crippen LogP contribution in [0.5, 0.6) is 5.75 Å². The standard InChI is InChI=1S/C17H22N2O5/c1-4-23-15(20)17(18,16(21)24-5-2)9-11-10-19-14-7-6-12(22-3)8-13(11)14/h6-8,10,19H,4-5,9,18H2,1-3H3. The topological polar surface area (TPSA) is 104 Å². The Morgan fingerprint density at radius 2 is 1.79 bits per heavy atom. The minimum atomic E-state index is -1.90. The third-order valence-corrected chi connectivity index (χ3v) is 3.72. The average Bonchev–Trinajstić information content (AvgIpc) is 2.97. The van der Waals surface area contributed by atoms with Crippen molar-refractivity contribution < 1.29 is 23.8 Å². The molecule has 1 aromatic heterocycles. The van der Waals surface area contributed by atoms with Crippen molar-refractivity contribution in [2.24, 2.45) is 5.73 Å². The minimum Gasteiger partial charge on any atom is -0.497 e. The number of nitrogens with two attached hydrogens (primary N) is 1. The van der Waals surface area contributed by atoms with Crippen molar-refractivity contribution in [3.63, 3.8) is 0 Å². The Bertz CT molecular complexity index is 720. The van der Waals surface area contributed by atoms with E-state index in [9.17, 15) is 9.59 Å². The molecule has 0 atom stereocenters. The third-order valence-electron chi connectivity index (χ3n) is 3.72. The molecule has 2 aromatic rings. The zero-order valence-corrected chi connectivity index (χ0v) is 14.0. The van der Waals surface area contributed by atoms with Gasteiger partial charge in [0.25, 0.3) is 0 Å². The third kappa shape index (κ3) is 3.35. The minimum absolute atomic E-state index is 0.0438. The number of aromatic amines is 1. The molecule has 1 heterocycles. The fraction of sp³-hybridized carbons (Fsp3) is 0.412. The molecule has 0 aliphatic rings. The molecule has 7 heteroatoms. The van der Waals surface area contributed by atoms with Crippen LogP contribution in [0, 0.1) is 0 Å². The molecule has 0 spiro atoms. The summed E-state index contributed by atoms with van der Waals surface area (Å²) < 4.78 is 15.2. The summed E-state index contributed by atoms with van der Waals surface area (Å²) in [5.41, 5.74) is 5.77. The molecule has 1 aromatic carbocycles. The fourth-order valence-electron chi connectivity index (χ4n) is 2.48. The molecule has 0 unspecified atom stereocenters. The van der Waals surface area contributed by atoms with E-state index in [4.69, 9.17) is 19.9 Å². The molecule has 0 amide bonds. The van der Waals surface area contributed by atoms with Crippen LogP contribution in [0.15, 0.2) is 24.4 Å². The highest BCUT2D eigenvalue weighted by atomic mass is 16.6. The first-order chi connectivity index (χ1) is 11.5. The second kappa shape index (κ2) is 7.35. The van der Waals surface area contributed by atoms with E-state index in [-0.39, 0.29) is 19.6 Å². The highest BCUT2D eigenvalue weighted by molar-refractivity contribution is 6.05. The number of ether oxygens (including phenoxy) is 3. The lowest BCUT2D eigenvalue weighted by molar-refractivity contribution is -0.163. The highest BCUT2D eigenvalue weighted by Gasteiger charge is 2.45. The maximum absolute atomic E-state index is 12.3. The number of benzene rings is 1. The summed E-state index contributed by atoms with van der Waals surface area (Å²) in [6.07, 6.45) is 1.67. The molecular weight excluding hydrogens is 312 g/mol. The van der Waals surface area contributed by atoms with Crippen molar-refractivity contribution in [2.75, 3.05) is 20.3 Å². The lowest BCUT2D eigenvalue weighted by Gasteiger charge is -2.24. The summed E-state index contributed by atoms with van der Waals surface area (Å²) >= 11 is 0.